The fraction of sp³-hybridized carbons (Fsp3) is 0.227. The van der Waals surface area contributed by atoms with Crippen LogP contribution >= 0.6 is 0 Å². The first kappa shape index (κ1) is 17.4. The maximum Gasteiger partial charge on any atom is 0.228 e. The smallest absolute Gasteiger partial charge is 0.228 e. The first-order valence-corrected chi connectivity index (χ1v) is 9.06. The van der Waals surface area contributed by atoms with E-state index in [2.05, 4.69) is 38.8 Å². The summed E-state index contributed by atoms with van der Waals surface area (Å²) < 4.78 is 9.40. The average molecular weight is 361 g/mol. The molecule has 2 aromatic heterocycles. The van der Waals surface area contributed by atoms with Gasteiger partial charge in [0, 0.05) is 55.2 Å². The number of carbonyl (C=O) groups is 1. The van der Waals surface area contributed by atoms with Crippen LogP contribution in [0.15, 0.2) is 60.9 Å². The van der Waals surface area contributed by atoms with Gasteiger partial charge in [0.15, 0.2) is 0 Å². The first-order valence-electron chi connectivity index (χ1n) is 9.06. The van der Waals surface area contributed by atoms with Crippen LogP contribution in [-0.4, -0.2) is 28.8 Å². The highest BCUT2D eigenvalue weighted by Crippen LogP contribution is 2.23. The van der Waals surface area contributed by atoms with Crippen molar-refractivity contribution in [2.45, 2.75) is 13.0 Å². The molecular formula is C22H23N3O2. The third kappa shape index (κ3) is 3.46. The van der Waals surface area contributed by atoms with Gasteiger partial charge in [-0.3, -0.25) is 4.79 Å². The molecule has 138 valence electrons. The molecule has 0 radical (unpaired) electrons. The van der Waals surface area contributed by atoms with E-state index in [0.717, 1.165) is 39.6 Å². The predicted octanol–water partition coefficient (Wildman–Crippen LogP) is 3.96. The molecule has 0 aliphatic carbocycles. The number of para-hydroxylation sites is 1. The van der Waals surface area contributed by atoms with Crippen molar-refractivity contribution in [3.63, 3.8) is 0 Å². The third-order valence-electron chi connectivity index (χ3n) is 4.93. The molecule has 4 aromatic rings. The van der Waals surface area contributed by atoms with Crippen LogP contribution in [0.25, 0.3) is 21.8 Å². The number of carbonyl (C=O) groups excluding carboxylic acids is 1. The maximum absolute atomic E-state index is 12.7. The fourth-order valence-corrected chi connectivity index (χ4v) is 3.56. The number of nitrogens with one attached hydrogen (secondary N) is 1. The van der Waals surface area contributed by atoms with Crippen molar-refractivity contribution in [1.29, 1.82) is 0 Å². The van der Waals surface area contributed by atoms with Crippen LogP contribution in [0.1, 0.15) is 5.56 Å². The summed E-state index contributed by atoms with van der Waals surface area (Å²) in [7, 11) is 3.70. The number of amides is 1. The maximum atomic E-state index is 12.7. The van der Waals surface area contributed by atoms with Crippen LogP contribution in [0, 0.1) is 0 Å². The third-order valence-corrected chi connectivity index (χ3v) is 4.93. The Bertz CT molecular complexity index is 1110. The van der Waals surface area contributed by atoms with E-state index in [0.29, 0.717) is 13.0 Å². The van der Waals surface area contributed by atoms with Gasteiger partial charge in [-0.25, -0.2) is 0 Å². The molecule has 4 rings (SSSR count). The molecule has 0 unspecified atom stereocenters. The molecule has 0 atom stereocenters. The van der Waals surface area contributed by atoms with Gasteiger partial charge in [0.25, 0.3) is 0 Å². The lowest BCUT2D eigenvalue weighted by atomic mass is 10.1. The normalized spacial score (nSPS) is 11.3. The Morgan fingerprint density at radius 3 is 2.81 bits per heavy atom. The summed E-state index contributed by atoms with van der Waals surface area (Å²) >= 11 is 0. The van der Waals surface area contributed by atoms with Crippen LogP contribution in [0.2, 0.25) is 0 Å². The molecule has 0 spiro atoms. The molecule has 0 saturated carbocycles. The lowest BCUT2D eigenvalue weighted by Crippen LogP contribution is -2.14. The second kappa shape index (κ2) is 7.29. The Hall–Kier alpha value is -3.05. The molecule has 0 bridgehead atoms. The van der Waals surface area contributed by atoms with Gasteiger partial charge in [-0.05, 0) is 35.2 Å². The monoisotopic (exact) mass is 361 g/mol. The Morgan fingerprint density at radius 2 is 1.96 bits per heavy atom. The van der Waals surface area contributed by atoms with E-state index in [9.17, 15) is 4.79 Å². The van der Waals surface area contributed by atoms with Crippen molar-refractivity contribution >= 4 is 33.4 Å². The SMILES string of the molecule is COCCn1cc(CC(=O)Nc2ccc3ccn(C)c3c2)c2ccccc21. The van der Waals surface area contributed by atoms with E-state index in [1.165, 1.54) is 0 Å². The number of methoxy groups -OCH3 is 1. The molecule has 1 amide bonds. The minimum absolute atomic E-state index is 0.0156. The number of hydrogen-bond donors (Lipinski definition) is 1. The van der Waals surface area contributed by atoms with E-state index in [1.807, 2.05) is 43.6 Å². The summed E-state index contributed by atoms with van der Waals surface area (Å²) in [6, 6.07) is 16.2. The summed E-state index contributed by atoms with van der Waals surface area (Å²) in [6.45, 7) is 1.41. The van der Waals surface area contributed by atoms with Gasteiger partial charge in [0.2, 0.25) is 5.91 Å². The van der Waals surface area contributed by atoms with Crippen molar-refractivity contribution < 1.29 is 9.53 Å². The summed E-state index contributed by atoms with van der Waals surface area (Å²) in [6.07, 6.45) is 4.42. The van der Waals surface area contributed by atoms with E-state index >= 15 is 0 Å². The van der Waals surface area contributed by atoms with E-state index in [4.69, 9.17) is 4.74 Å². The molecule has 5 heteroatoms. The predicted molar refractivity (Wildman–Crippen MR) is 109 cm³/mol. The molecule has 5 nitrogen and oxygen atoms in total. The Balaban J connectivity index is 1.55. The number of rotatable bonds is 6. The number of anilines is 1. The van der Waals surface area contributed by atoms with Crippen molar-refractivity contribution in [2.75, 3.05) is 19.0 Å². The second-order valence-corrected chi connectivity index (χ2v) is 6.78. The highest BCUT2D eigenvalue weighted by Gasteiger charge is 2.12. The number of benzene rings is 2. The van der Waals surface area contributed by atoms with Crippen molar-refractivity contribution in [3.05, 3.63) is 66.5 Å². The lowest BCUT2D eigenvalue weighted by molar-refractivity contribution is -0.115. The number of hydrogen-bond acceptors (Lipinski definition) is 2. The van der Waals surface area contributed by atoms with E-state index < -0.39 is 0 Å². The van der Waals surface area contributed by atoms with Gasteiger partial charge in [0.05, 0.1) is 13.0 Å². The van der Waals surface area contributed by atoms with Crippen molar-refractivity contribution in [3.8, 4) is 0 Å². The lowest BCUT2D eigenvalue weighted by Gasteiger charge is -2.06. The van der Waals surface area contributed by atoms with Crippen molar-refractivity contribution in [1.82, 2.24) is 9.13 Å². The Morgan fingerprint density at radius 1 is 1.11 bits per heavy atom. The molecule has 0 aliphatic heterocycles. The number of fused-ring (bicyclic) bond motifs is 2. The fourth-order valence-electron chi connectivity index (χ4n) is 3.56. The Kier molecular flexibility index (Phi) is 4.69. The molecule has 1 N–H and O–H groups in total. The van der Waals surface area contributed by atoms with Gasteiger partial charge < -0.3 is 19.2 Å². The molecule has 0 fully saturated rings. The zero-order valence-corrected chi connectivity index (χ0v) is 15.6. The van der Waals surface area contributed by atoms with Crippen LogP contribution < -0.4 is 5.32 Å². The second-order valence-electron chi connectivity index (χ2n) is 6.78. The Labute approximate surface area is 158 Å². The zero-order chi connectivity index (χ0) is 18.8. The molecule has 2 heterocycles. The summed E-state index contributed by atoms with van der Waals surface area (Å²) in [5.41, 5.74) is 4.07. The van der Waals surface area contributed by atoms with Gasteiger partial charge in [-0.15, -0.1) is 0 Å². The van der Waals surface area contributed by atoms with E-state index in [1.54, 1.807) is 7.11 Å². The molecule has 0 saturated heterocycles. The van der Waals surface area contributed by atoms with Gasteiger partial charge >= 0.3 is 0 Å². The molecule has 0 aliphatic rings. The summed E-state index contributed by atoms with van der Waals surface area (Å²) in [5.74, 6) is -0.0156. The van der Waals surface area contributed by atoms with Gasteiger partial charge in [0.1, 0.15) is 0 Å². The minimum Gasteiger partial charge on any atom is -0.383 e. The standard InChI is InChI=1S/C22H23N3O2/c1-24-10-9-16-7-8-18(14-21(16)24)23-22(26)13-17-15-25(11-12-27-2)20-6-4-3-5-19(17)20/h3-10,14-15H,11-13H2,1-2H3,(H,23,26). The topological polar surface area (TPSA) is 48.2 Å². The molecule has 27 heavy (non-hydrogen) atoms. The summed E-state index contributed by atoms with van der Waals surface area (Å²) in [5, 5.41) is 5.31. The average Bonchev–Trinajstić information content (AvgIpc) is 3.21. The quantitative estimate of drug-likeness (QED) is 0.565. The molecule has 2 aromatic carbocycles. The van der Waals surface area contributed by atoms with Crippen LogP contribution in [0.4, 0.5) is 5.69 Å². The van der Waals surface area contributed by atoms with Gasteiger partial charge in [-0.2, -0.15) is 0 Å². The first-order chi connectivity index (χ1) is 13.2. The van der Waals surface area contributed by atoms with Crippen LogP contribution in [0.5, 0.6) is 0 Å². The highest BCUT2D eigenvalue weighted by atomic mass is 16.5. The number of ether oxygens (including phenoxy) is 1. The van der Waals surface area contributed by atoms with Crippen molar-refractivity contribution in [2.24, 2.45) is 7.05 Å². The van der Waals surface area contributed by atoms with Gasteiger partial charge in [-0.1, -0.05) is 24.3 Å². The van der Waals surface area contributed by atoms with E-state index in [-0.39, 0.29) is 5.91 Å². The minimum atomic E-state index is -0.0156. The largest absolute Gasteiger partial charge is 0.383 e. The molecular weight excluding hydrogens is 338 g/mol. The summed E-state index contributed by atoms with van der Waals surface area (Å²) in [4.78, 5) is 12.7. The zero-order valence-electron chi connectivity index (χ0n) is 15.6. The number of nitrogens with zero attached hydrogens (tertiary/aromatic N) is 2. The van der Waals surface area contributed by atoms with Crippen LogP contribution in [-0.2, 0) is 29.5 Å². The number of aryl methyl sites for hydroxylation is 1. The van der Waals surface area contributed by atoms with Crippen LogP contribution in [0.3, 0.4) is 0 Å². The number of aromatic nitrogens is 2. The highest BCUT2D eigenvalue weighted by molar-refractivity contribution is 5.97.